The number of hydrogen-bond acceptors (Lipinski definition) is 2. The molecule has 4 nitrogen and oxygen atoms in total. The fourth-order valence-electron chi connectivity index (χ4n) is 0.777. The molecule has 13 heavy (non-hydrogen) atoms. The highest BCUT2D eigenvalue weighted by atomic mass is 16.1. The molecule has 4 heteroatoms. The van der Waals surface area contributed by atoms with Crippen LogP contribution in [0.25, 0.3) is 0 Å². The van der Waals surface area contributed by atoms with Crippen molar-refractivity contribution in [1.82, 2.24) is 0 Å². The van der Waals surface area contributed by atoms with Crippen LogP contribution in [0, 0.1) is 0 Å². The molecule has 0 rings (SSSR count). The smallest absolute Gasteiger partial charge is 0.244 e. The second-order valence-electron chi connectivity index (χ2n) is 2.42. The van der Waals surface area contributed by atoms with Crippen LogP contribution >= 0.6 is 0 Å². The summed E-state index contributed by atoms with van der Waals surface area (Å²) in [5.41, 5.74) is 10.00. The summed E-state index contributed by atoms with van der Waals surface area (Å²) >= 11 is 0. The molecule has 0 bridgehead atoms. The number of amides is 2. The first-order valence-corrected chi connectivity index (χ1v) is 4.24. The van der Waals surface area contributed by atoms with Gasteiger partial charge < -0.3 is 11.5 Å². The van der Waals surface area contributed by atoms with Gasteiger partial charge in [0.25, 0.3) is 0 Å². The normalized spacial score (nSPS) is 9.85. The minimum Gasteiger partial charge on any atom is -0.372 e. The second-order valence-corrected chi connectivity index (χ2v) is 2.42. The van der Waals surface area contributed by atoms with E-state index in [1.807, 2.05) is 6.92 Å². The van der Waals surface area contributed by atoms with Gasteiger partial charge in [-0.05, 0) is 19.8 Å². The molecule has 0 aliphatic carbocycles. The van der Waals surface area contributed by atoms with Crippen molar-refractivity contribution >= 4 is 12.3 Å². The molecule has 0 heterocycles. The SMILES string of the molecule is CC=C(CCCC)C(N)=O.NC=O. The van der Waals surface area contributed by atoms with E-state index in [1.165, 1.54) is 0 Å². The predicted octanol–water partition coefficient (Wildman–Crippen LogP) is 0.710. The number of primary amides is 2. The number of rotatable bonds is 4. The Kier molecular flexibility index (Phi) is 11.7. The van der Waals surface area contributed by atoms with Gasteiger partial charge in [-0.3, -0.25) is 9.59 Å². The Balaban J connectivity index is 0. The van der Waals surface area contributed by atoms with Crippen molar-refractivity contribution < 1.29 is 9.59 Å². The molecule has 0 fully saturated rings. The van der Waals surface area contributed by atoms with Gasteiger partial charge in [0.2, 0.25) is 12.3 Å². The van der Waals surface area contributed by atoms with Crippen LogP contribution in [-0.2, 0) is 9.59 Å². The van der Waals surface area contributed by atoms with Crippen molar-refractivity contribution in [1.29, 1.82) is 0 Å². The first-order chi connectivity index (χ1) is 6.13. The average Bonchev–Trinajstić information content (AvgIpc) is 2.06. The summed E-state index contributed by atoms with van der Waals surface area (Å²) < 4.78 is 0. The molecule has 0 saturated carbocycles. The summed E-state index contributed by atoms with van der Waals surface area (Å²) in [5.74, 6) is -0.282. The minimum absolute atomic E-state index is 0.250. The molecule has 0 atom stereocenters. The van der Waals surface area contributed by atoms with E-state index in [9.17, 15) is 4.79 Å². The van der Waals surface area contributed by atoms with Crippen molar-refractivity contribution in [3.63, 3.8) is 0 Å². The quantitative estimate of drug-likeness (QED) is 0.500. The summed E-state index contributed by atoms with van der Waals surface area (Å²) in [6, 6.07) is 0. The minimum atomic E-state index is -0.282. The van der Waals surface area contributed by atoms with Gasteiger partial charge in [0.15, 0.2) is 0 Å². The maximum absolute atomic E-state index is 10.6. The summed E-state index contributed by atoms with van der Waals surface area (Å²) in [4.78, 5) is 19.2. The van der Waals surface area contributed by atoms with Gasteiger partial charge in [0.1, 0.15) is 0 Å². The zero-order chi connectivity index (χ0) is 10.7. The Bertz CT molecular complexity index is 176. The highest BCUT2D eigenvalue weighted by molar-refractivity contribution is 5.91. The molecule has 0 spiro atoms. The van der Waals surface area contributed by atoms with Crippen LogP contribution in [0.15, 0.2) is 11.6 Å². The lowest BCUT2D eigenvalue weighted by molar-refractivity contribution is -0.114. The maximum Gasteiger partial charge on any atom is 0.244 e. The molecule has 0 aliphatic heterocycles. The van der Waals surface area contributed by atoms with Crippen LogP contribution in [-0.4, -0.2) is 12.3 Å². The summed E-state index contributed by atoms with van der Waals surface area (Å²) in [6.07, 6.45) is 5.01. The second kappa shape index (κ2) is 10.7. The van der Waals surface area contributed by atoms with Gasteiger partial charge in [0, 0.05) is 5.57 Å². The molecule has 0 aromatic rings. The lowest BCUT2D eigenvalue weighted by Gasteiger charge is -1.98. The average molecular weight is 186 g/mol. The van der Waals surface area contributed by atoms with Gasteiger partial charge in [-0.2, -0.15) is 0 Å². The highest BCUT2D eigenvalue weighted by Crippen LogP contribution is 2.05. The van der Waals surface area contributed by atoms with Crippen LogP contribution in [0.3, 0.4) is 0 Å². The van der Waals surface area contributed by atoms with E-state index in [4.69, 9.17) is 10.5 Å². The third-order valence-corrected chi connectivity index (χ3v) is 1.46. The van der Waals surface area contributed by atoms with E-state index >= 15 is 0 Å². The van der Waals surface area contributed by atoms with Crippen LogP contribution in [0.5, 0.6) is 0 Å². The first-order valence-electron chi connectivity index (χ1n) is 4.24. The third kappa shape index (κ3) is 10.7. The molecule has 0 aromatic carbocycles. The molecule has 0 saturated heterocycles. The number of carbonyl (C=O) groups excluding carboxylic acids is 2. The van der Waals surface area contributed by atoms with Crippen LogP contribution in [0.2, 0.25) is 0 Å². The van der Waals surface area contributed by atoms with Gasteiger partial charge in [0.05, 0.1) is 0 Å². The van der Waals surface area contributed by atoms with Crippen molar-refractivity contribution in [3.05, 3.63) is 11.6 Å². The molecule has 4 N–H and O–H groups in total. The van der Waals surface area contributed by atoms with Gasteiger partial charge >= 0.3 is 0 Å². The fraction of sp³-hybridized carbons (Fsp3) is 0.556. The van der Waals surface area contributed by atoms with E-state index in [2.05, 4.69) is 12.7 Å². The summed E-state index contributed by atoms with van der Waals surface area (Å²) in [5, 5.41) is 0. The lowest BCUT2D eigenvalue weighted by atomic mass is 10.1. The zero-order valence-electron chi connectivity index (χ0n) is 8.25. The molecule has 0 radical (unpaired) electrons. The standard InChI is InChI=1S/C8H15NO.CH3NO/c1-3-5-6-7(4-2)8(9)10;2-1-3/h4H,3,5-6H2,1-2H3,(H2,9,10);1H,(H2,2,3). The van der Waals surface area contributed by atoms with Crippen molar-refractivity contribution in [2.75, 3.05) is 0 Å². The first kappa shape index (κ1) is 14.2. The molecular weight excluding hydrogens is 168 g/mol. The molecular formula is C9H18N2O2. The Morgan fingerprint density at radius 3 is 2.15 bits per heavy atom. The monoisotopic (exact) mass is 186 g/mol. The number of carbonyl (C=O) groups is 2. The Hall–Kier alpha value is -1.32. The predicted molar refractivity (Wildman–Crippen MR) is 52.7 cm³/mol. The fourth-order valence-corrected chi connectivity index (χ4v) is 0.777. The number of allylic oxidation sites excluding steroid dienone is 1. The molecule has 2 amide bonds. The maximum atomic E-state index is 10.6. The Morgan fingerprint density at radius 1 is 1.46 bits per heavy atom. The molecule has 0 unspecified atom stereocenters. The largest absolute Gasteiger partial charge is 0.372 e. The number of unbranched alkanes of at least 4 members (excludes halogenated alkanes) is 1. The van der Waals surface area contributed by atoms with Crippen molar-refractivity contribution in [2.45, 2.75) is 33.1 Å². The molecule has 0 aromatic heterocycles. The molecule has 0 aliphatic rings. The van der Waals surface area contributed by atoms with E-state index in [0.29, 0.717) is 0 Å². The topological polar surface area (TPSA) is 86.2 Å². The Labute approximate surface area is 79.0 Å². The van der Waals surface area contributed by atoms with E-state index < -0.39 is 0 Å². The van der Waals surface area contributed by atoms with Crippen LogP contribution < -0.4 is 11.5 Å². The zero-order valence-corrected chi connectivity index (χ0v) is 8.25. The number of hydrogen-bond donors (Lipinski definition) is 2. The van der Waals surface area contributed by atoms with Gasteiger partial charge in [-0.15, -0.1) is 0 Å². The lowest BCUT2D eigenvalue weighted by Crippen LogP contribution is -2.13. The van der Waals surface area contributed by atoms with Gasteiger partial charge in [-0.1, -0.05) is 19.4 Å². The van der Waals surface area contributed by atoms with Crippen molar-refractivity contribution in [3.8, 4) is 0 Å². The highest BCUT2D eigenvalue weighted by Gasteiger charge is 2.00. The van der Waals surface area contributed by atoms with E-state index in [1.54, 1.807) is 6.08 Å². The summed E-state index contributed by atoms with van der Waals surface area (Å²) in [6.45, 7) is 3.93. The summed E-state index contributed by atoms with van der Waals surface area (Å²) in [7, 11) is 0. The van der Waals surface area contributed by atoms with Crippen LogP contribution in [0.4, 0.5) is 0 Å². The van der Waals surface area contributed by atoms with Gasteiger partial charge in [-0.25, -0.2) is 0 Å². The third-order valence-electron chi connectivity index (χ3n) is 1.46. The van der Waals surface area contributed by atoms with E-state index in [0.717, 1.165) is 24.8 Å². The van der Waals surface area contributed by atoms with Crippen LogP contribution in [0.1, 0.15) is 33.1 Å². The van der Waals surface area contributed by atoms with Crippen molar-refractivity contribution in [2.24, 2.45) is 11.5 Å². The van der Waals surface area contributed by atoms with E-state index in [-0.39, 0.29) is 12.3 Å². The Morgan fingerprint density at radius 2 is 1.92 bits per heavy atom. The molecule has 76 valence electrons. The number of nitrogens with two attached hydrogens (primary N) is 2.